The maximum Gasteiger partial charge on any atom is 0.174 e. The van der Waals surface area contributed by atoms with Gasteiger partial charge in [-0.05, 0) is 12.1 Å². The highest BCUT2D eigenvalue weighted by Gasteiger charge is 2.08. The third kappa shape index (κ3) is 1.30. The van der Waals surface area contributed by atoms with E-state index in [-0.39, 0.29) is 5.82 Å². The number of rotatable bonds is 0. The lowest BCUT2D eigenvalue weighted by Gasteiger charge is -2.02. The number of halogens is 1. The fourth-order valence-corrected chi connectivity index (χ4v) is 1.15. The SMILES string of the molecule is Fc1ccc2c(c1)OCC[NH+]=C2. The van der Waals surface area contributed by atoms with Gasteiger partial charge in [0.1, 0.15) is 18.2 Å². The second-order valence-corrected chi connectivity index (χ2v) is 2.63. The highest BCUT2D eigenvalue weighted by molar-refractivity contribution is 5.79. The highest BCUT2D eigenvalue weighted by atomic mass is 19.1. The zero-order valence-electron chi connectivity index (χ0n) is 6.51. The van der Waals surface area contributed by atoms with Crippen LogP contribution in [-0.2, 0) is 0 Å². The van der Waals surface area contributed by atoms with Crippen molar-refractivity contribution in [3.63, 3.8) is 0 Å². The Kier molecular flexibility index (Phi) is 1.78. The molecule has 1 aliphatic heterocycles. The Bertz CT molecular complexity index is 322. The van der Waals surface area contributed by atoms with Gasteiger partial charge in [0.15, 0.2) is 12.8 Å². The normalized spacial score (nSPS) is 14.8. The lowest BCUT2D eigenvalue weighted by molar-refractivity contribution is -0.452. The van der Waals surface area contributed by atoms with Crippen molar-refractivity contribution >= 4 is 6.21 Å². The van der Waals surface area contributed by atoms with Crippen LogP contribution in [0.5, 0.6) is 5.75 Å². The summed E-state index contributed by atoms with van der Waals surface area (Å²) < 4.78 is 18.0. The van der Waals surface area contributed by atoms with Gasteiger partial charge < -0.3 is 4.74 Å². The smallest absolute Gasteiger partial charge is 0.174 e. The molecule has 1 N–H and O–H groups in total. The van der Waals surface area contributed by atoms with Gasteiger partial charge in [-0.1, -0.05) is 0 Å². The molecule has 2 rings (SSSR count). The van der Waals surface area contributed by atoms with Crippen LogP contribution in [0.3, 0.4) is 0 Å². The van der Waals surface area contributed by atoms with Crippen LogP contribution in [0.1, 0.15) is 5.56 Å². The van der Waals surface area contributed by atoms with Crippen molar-refractivity contribution in [3.8, 4) is 5.75 Å². The molecule has 0 unspecified atom stereocenters. The quantitative estimate of drug-likeness (QED) is 0.562. The van der Waals surface area contributed by atoms with Crippen LogP contribution in [0.4, 0.5) is 4.39 Å². The fraction of sp³-hybridized carbons (Fsp3) is 0.222. The van der Waals surface area contributed by atoms with E-state index in [1.807, 2.05) is 6.21 Å². The van der Waals surface area contributed by atoms with E-state index in [1.165, 1.54) is 12.1 Å². The van der Waals surface area contributed by atoms with E-state index in [0.717, 1.165) is 12.1 Å². The van der Waals surface area contributed by atoms with E-state index in [9.17, 15) is 4.39 Å². The second-order valence-electron chi connectivity index (χ2n) is 2.63. The third-order valence-corrected chi connectivity index (χ3v) is 1.74. The van der Waals surface area contributed by atoms with Crippen molar-refractivity contribution in [1.82, 2.24) is 0 Å². The number of ether oxygens (including phenoxy) is 1. The van der Waals surface area contributed by atoms with Gasteiger partial charge in [-0.15, -0.1) is 0 Å². The third-order valence-electron chi connectivity index (χ3n) is 1.74. The summed E-state index contributed by atoms with van der Waals surface area (Å²) in [7, 11) is 0. The Morgan fingerprint density at radius 3 is 3.25 bits per heavy atom. The maximum atomic E-state index is 12.7. The van der Waals surface area contributed by atoms with Crippen molar-refractivity contribution in [1.29, 1.82) is 0 Å². The topological polar surface area (TPSA) is 23.2 Å². The summed E-state index contributed by atoms with van der Waals surface area (Å²) in [6, 6.07) is 4.52. The molecular formula is C9H9FNO+. The van der Waals surface area contributed by atoms with Crippen molar-refractivity contribution in [3.05, 3.63) is 29.6 Å². The van der Waals surface area contributed by atoms with Crippen molar-refractivity contribution in [2.45, 2.75) is 0 Å². The molecule has 0 saturated heterocycles. The molecule has 0 atom stereocenters. The van der Waals surface area contributed by atoms with Crippen LogP contribution in [0.15, 0.2) is 18.2 Å². The van der Waals surface area contributed by atoms with Gasteiger partial charge in [-0.2, -0.15) is 0 Å². The lowest BCUT2D eigenvalue weighted by Crippen LogP contribution is -2.69. The average molecular weight is 166 g/mol. The Labute approximate surface area is 69.7 Å². The molecule has 0 spiro atoms. The molecule has 0 bridgehead atoms. The Hall–Kier alpha value is -1.38. The summed E-state index contributed by atoms with van der Waals surface area (Å²) in [5, 5.41) is 0. The molecule has 0 aromatic heterocycles. The Morgan fingerprint density at radius 1 is 1.42 bits per heavy atom. The van der Waals surface area contributed by atoms with Crippen LogP contribution in [0, 0.1) is 5.82 Å². The molecule has 0 aliphatic carbocycles. The Balaban J connectivity index is 2.46. The molecule has 3 heteroatoms. The zero-order chi connectivity index (χ0) is 8.39. The van der Waals surface area contributed by atoms with E-state index >= 15 is 0 Å². The van der Waals surface area contributed by atoms with Gasteiger partial charge in [0.2, 0.25) is 0 Å². The van der Waals surface area contributed by atoms with Crippen LogP contribution in [0.2, 0.25) is 0 Å². The summed E-state index contributed by atoms with van der Waals surface area (Å²) in [4.78, 5) is 3.05. The van der Waals surface area contributed by atoms with Gasteiger partial charge in [-0.3, -0.25) is 0 Å². The van der Waals surface area contributed by atoms with E-state index in [2.05, 4.69) is 4.99 Å². The average Bonchev–Trinajstić information content (AvgIpc) is 2.28. The molecule has 0 radical (unpaired) electrons. The molecular weight excluding hydrogens is 157 g/mol. The molecule has 62 valence electrons. The minimum Gasteiger partial charge on any atom is -0.486 e. The number of benzene rings is 1. The van der Waals surface area contributed by atoms with Crippen LogP contribution in [0.25, 0.3) is 0 Å². The largest absolute Gasteiger partial charge is 0.486 e. The number of hydrogen-bond donors (Lipinski definition) is 1. The van der Waals surface area contributed by atoms with Gasteiger partial charge in [0.05, 0.1) is 5.56 Å². The van der Waals surface area contributed by atoms with E-state index in [1.54, 1.807) is 6.07 Å². The molecule has 0 saturated carbocycles. The van der Waals surface area contributed by atoms with Crippen molar-refractivity contribution in [2.24, 2.45) is 0 Å². The molecule has 12 heavy (non-hydrogen) atoms. The van der Waals surface area contributed by atoms with Gasteiger partial charge in [0, 0.05) is 6.07 Å². The molecule has 0 fully saturated rings. The number of hydrogen-bond acceptors (Lipinski definition) is 1. The summed E-state index contributed by atoms with van der Waals surface area (Å²) in [6.07, 6.45) is 1.84. The van der Waals surface area contributed by atoms with Crippen LogP contribution < -0.4 is 9.73 Å². The minimum absolute atomic E-state index is 0.260. The molecule has 1 aliphatic rings. The standard InChI is InChI=1S/C9H8FNO/c10-8-2-1-7-6-11-3-4-12-9(7)5-8/h1-2,5-6H,3-4H2/p+1. The predicted octanol–water partition coefficient (Wildman–Crippen LogP) is -0.282. The van der Waals surface area contributed by atoms with Crippen LogP contribution in [-0.4, -0.2) is 19.4 Å². The number of nitrogens with one attached hydrogen (secondary N) is 1. The Morgan fingerprint density at radius 2 is 2.33 bits per heavy atom. The van der Waals surface area contributed by atoms with Crippen molar-refractivity contribution < 1.29 is 14.1 Å². The monoisotopic (exact) mass is 166 g/mol. The first-order chi connectivity index (χ1) is 5.86. The first-order valence-electron chi connectivity index (χ1n) is 3.85. The highest BCUT2D eigenvalue weighted by Crippen LogP contribution is 2.17. The van der Waals surface area contributed by atoms with E-state index in [4.69, 9.17) is 4.74 Å². The van der Waals surface area contributed by atoms with E-state index in [0.29, 0.717) is 12.4 Å². The first-order valence-corrected chi connectivity index (χ1v) is 3.85. The van der Waals surface area contributed by atoms with Gasteiger partial charge in [-0.25, -0.2) is 9.38 Å². The summed E-state index contributed by atoms with van der Waals surface area (Å²) in [6.45, 7) is 1.34. The second kappa shape index (κ2) is 2.93. The molecule has 2 nitrogen and oxygen atoms in total. The van der Waals surface area contributed by atoms with Crippen molar-refractivity contribution in [2.75, 3.05) is 13.2 Å². The predicted molar refractivity (Wildman–Crippen MR) is 42.9 cm³/mol. The summed E-state index contributed by atoms with van der Waals surface area (Å²) >= 11 is 0. The summed E-state index contributed by atoms with van der Waals surface area (Å²) in [5.74, 6) is 0.351. The minimum atomic E-state index is -0.260. The van der Waals surface area contributed by atoms with Crippen LogP contribution >= 0.6 is 0 Å². The van der Waals surface area contributed by atoms with E-state index < -0.39 is 0 Å². The molecule has 1 aromatic rings. The summed E-state index contributed by atoms with van der Waals surface area (Å²) in [5.41, 5.74) is 0.897. The molecule has 1 heterocycles. The first kappa shape index (κ1) is 7.28. The number of fused-ring (bicyclic) bond motifs is 1. The zero-order valence-corrected chi connectivity index (χ0v) is 6.51. The fourth-order valence-electron chi connectivity index (χ4n) is 1.15. The molecule has 0 amide bonds. The van der Waals surface area contributed by atoms with Gasteiger partial charge in [0.25, 0.3) is 0 Å². The maximum absolute atomic E-state index is 12.7. The lowest BCUT2D eigenvalue weighted by atomic mass is 10.2. The molecule has 1 aromatic carbocycles. The van der Waals surface area contributed by atoms with Gasteiger partial charge >= 0.3 is 0 Å².